The van der Waals surface area contributed by atoms with E-state index in [2.05, 4.69) is 0 Å². The Morgan fingerprint density at radius 3 is 2.50 bits per heavy atom. The third kappa shape index (κ3) is 2.25. The number of rotatable bonds is 2. The fourth-order valence-electron chi connectivity index (χ4n) is 2.14. The number of ketones is 1. The molecule has 1 aliphatic rings. The molecule has 0 saturated heterocycles. The summed E-state index contributed by atoms with van der Waals surface area (Å²) in [5, 5.41) is 19.8. The van der Waals surface area contributed by atoms with Crippen LogP contribution in [0.2, 0.25) is 0 Å². The molecule has 0 bridgehead atoms. The molecule has 0 aromatic rings. The van der Waals surface area contributed by atoms with Crippen LogP contribution in [0, 0.1) is 5.41 Å². The van der Waals surface area contributed by atoms with Gasteiger partial charge in [0.1, 0.15) is 5.60 Å². The van der Waals surface area contributed by atoms with Gasteiger partial charge >= 0.3 is 0 Å². The molecule has 0 fully saturated rings. The summed E-state index contributed by atoms with van der Waals surface area (Å²) in [6.07, 6.45) is 4.33. The minimum absolute atomic E-state index is 0.0395. The van der Waals surface area contributed by atoms with Crippen molar-refractivity contribution in [2.24, 2.45) is 5.41 Å². The molecule has 2 N–H and O–H groups in total. The monoisotopic (exact) mass is 224 g/mol. The predicted molar refractivity (Wildman–Crippen MR) is 62.9 cm³/mol. The summed E-state index contributed by atoms with van der Waals surface area (Å²) in [6.45, 7) is 7.08. The van der Waals surface area contributed by atoms with Crippen molar-refractivity contribution in [2.45, 2.75) is 45.8 Å². The molecule has 0 spiro atoms. The molecule has 0 heterocycles. The first-order chi connectivity index (χ1) is 7.19. The number of carbonyl (C=O) groups is 1. The summed E-state index contributed by atoms with van der Waals surface area (Å²) in [7, 11) is 0. The van der Waals surface area contributed by atoms with Crippen LogP contribution in [-0.4, -0.2) is 27.7 Å². The first kappa shape index (κ1) is 13.1. The Hall–Kier alpha value is -0.930. The van der Waals surface area contributed by atoms with Crippen LogP contribution >= 0.6 is 0 Å². The van der Waals surface area contributed by atoms with E-state index in [1.165, 1.54) is 6.08 Å². The van der Waals surface area contributed by atoms with Crippen molar-refractivity contribution in [3.63, 3.8) is 0 Å². The number of allylic oxidation sites excluding steroid dienone is 1. The van der Waals surface area contributed by atoms with E-state index < -0.39 is 17.1 Å². The van der Waals surface area contributed by atoms with Gasteiger partial charge in [-0.15, -0.1) is 0 Å². The average molecular weight is 224 g/mol. The van der Waals surface area contributed by atoms with Crippen molar-refractivity contribution < 1.29 is 15.0 Å². The second-order valence-corrected chi connectivity index (χ2v) is 5.22. The van der Waals surface area contributed by atoms with E-state index >= 15 is 0 Å². The Morgan fingerprint density at radius 2 is 2.06 bits per heavy atom. The van der Waals surface area contributed by atoms with E-state index in [1.807, 2.05) is 13.8 Å². The molecule has 90 valence electrons. The fraction of sp³-hybridized carbons (Fsp3) is 0.615. The molecule has 0 aromatic heterocycles. The molecule has 0 aliphatic heterocycles. The summed E-state index contributed by atoms with van der Waals surface area (Å²) >= 11 is 0. The molecule has 3 heteroatoms. The number of hydrogen-bond donors (Lipinski definition) is 2. The molecule has 2 unspecified atom stereocenters. The first-order valence-electron chi connectivity index (χ1n) is 5.50. The van der Waals surface area contributed by atoms with Crippen LogP contribution in [0.1, 0.15) is 34.1 Å². The van der Waals surface area contributed by atoms with Crippen LogP contribution in [0.5, 0.6) is 0 Å². The molecule has 3 nitrogen and oxygen atoms in total. The van der Waals surface area contributed by atoms with Gasteiger partial charge in [-0.3, -0.25) is 4.79 Å². The van der Waals surface area contributed by atoms with E-state index in [0.717, 1.165) is 0 Å². The third-order valence-electron chi connectivity index (χ3n) is 3.24. The van der Waals surface area contributed by atoms with Gasteiger partial charge in [-0.2, -0.15) is 0 Å². The molecule has 16 heavy (non-hydrogen) atoms. The van der Waals surface area contributed by atoms with E-state index in [1.54, 1.807) is 26.0 Å². The minimum Gasteiger partial charge on any atom is -0.389 e. The zero-order valence-electron chi connectivity index (χ0n) is 10.3. The second-order valence-electron chi connectivity index (χ2n) is 5.22. The second kappa shape index (κ2) is 4.15. The maximum atomic E-state index is 11.5. The Kier molecular flexibility index (Phi) is 3.41. The lowest BCUT2D eigenvalue weighted by Crippen LogP contribution is -2.48. The Morgan fingerprint density at radius 1 is 1.50 bits per heavy atom. The van der Waals surface area contributed by atoms with Gasteiger partial charge in [0.15, 0.2) is 5.78 Å². The van der Waals surface area contributed by atoms with Gasteiger partial charge in [-0.25, -0.2) is 0 Å². The third-order valence-corrected chi connectivity index (χ3v) is 3.24. The number of carbonyl (C=O) groups excluding carboxylic acids is 1. The highest BCUT2D eigenvalue weighted by Gasteiger charge is 2.46. The maximum Gasteiger partial charge on any atom is 0.156 e. The SMILES string of the molecule is CC1=CC(=O)CC(C)(C)C1(O)C=CC(C)O. The van der Waals surface area contributed by atoms with Crippen LogP contribution < -0.4 is 0 Å². The summed E-state index contributed by atoms with van der Waals surface area (Å²) < 4.78 is 0. The minimum atomic E-state index is -1.15. The van der Waals surface area contributed by atoms with Crippen LogP contribution in [0.3, 0.4) is 0 Å². The van der Waals surface area contributed by atoms with Gasteiger partial charge < -0.3 is 10.2 Å². The summed E-state index contributed by atoms with van der Waals surface area (Å²) in [4.78, 5) is 11.5. The highest BCUT2D eigenvalue weighted by atomic mass is 16.3. The van der Waals surface area contributed by atoms with Gasteiger partial charge in [0, 0.05) is 11.8 Å². The quantitative estimate of drug-likeness (QED) is 0.700. The Labute approximate surface area is 96.5 Å². The van der Waals surface area contributed by atoms with E-state index in [9.17, 15) is 15.0 Å². The number of aliphatic hydroxyl groups is 2. The van der Waals surface area contributed by atoms with Crippen molar-refractivity contribution in [1.82, 2.24) is 0 Å². The molecule has 2 atom stereocenters. The van der Waals surface area contributed by atoms with E-state index in [-0.39, 0.29) is 5.78 Å². The summed E-state index contributed by atoms with van der Waals surface area (Å²) in [5.74, 6) is 0.0395. The fourth-order valence-corrected chi connectivity index (χ4v) is 2.14. The molecular formula is C13H20O3. The van der Waals surface area contributed by atoms with Gasteiger partial charge in [0.25, 0.3) is 0 Å². The standard InChI is InChI=1S/C13H20O3/c1-9-7-11(15)8-12(3,4)13(9,16)6-5-10(2)14/h5-7,10,14,16H,8H2,1-4H3. The lowest BCUT2D eigenvalue weighted by molar-refractivity contribution is -0.121. The topological polar surface area (TPSA) is 57.5 Å². The zero-order chi connectivity index (χ0) is 12.6. The van der Waals surface area contributed by atoms with Crippen LogP contribution in [-0.2, 0) is 4.79 Å². The van der Waals surface area contributed by atoms with E-state index in [0.29, 0.717) is 12.0 Å². The summed E-state index contributed by atoms with van der Waals surface area (Å²) in [6, 6.07) is 0. The zero-order valence-corrected chi connectivity index (χ0v) is 10.3. The Bertz CT molecular complexity index is 350. The van der Waals surface area contributed by atoms with Crippen molar-refractivity contribution in [3.05, 3.63) is 23.8 Å². The van der Waals surface area contributed by atoms with Crippen LogP contribution in [0.4, 0.5) is 0 Å². The molecule has 0 amide bonds. The van der Waals surface area contributed by atoms with Crippen LogP contribution in [0.25, 0.3) is 0 Å². The van der Waals surface area contributed by atoms with Crippen molar-refractivity contribution in [3.8, 4) is 0 Å². The lowest BCUT2D eigenvalue weighted by Gasteiger charge is -2.44. The van der Waals surface area contributed by atoms with Gasteiger partial charge in [-0.05, 0) is 31.6 Å². The van der Waals surface area contributed by atoms with Gasteiger partial charge in [0.2, 0.25) is 0 Å². The van der Waals surface area contributed by atoms with E-state index in [4.69, 9.17) is 0 Å². The smallest absolute Gasteiger partial charge is 0.156 e. The Balaban J connectivity index is 3.16. The lowest BCUT2D eigenvalue weighted by atomic mass is 9.64. The van der Waals surface area contributed by atoms with Gasteiger partial charge in [-0.1, -0.05) is 19.9 Å². The number of aliphatic hydroxyl groups excluding tert-OH is 1. The molecular weight excluding hydrogens is 204 g/mol. The largest absolute Gasteiger partial charge is 0.389 e. The molecule has 0 saturated carbocycles. The molecule has 1 aliphatic carbocycles. The molecule has 0 aromatic carbocycles. The van der Waals surface area contributed by atoms with Crippen molar-refractivity contribution in [1.29, 1.82) is 0 Å². The number of hydrogen-bond acceptors (Lipinski definition) is 3. The first-order valence-corrected chi connectivity index (χ1v) is 5.50. The highest BCUT2D eigenvalue weighted by Crippen LogP contribution is 2.44. The average Bonchev–Trinajstić information content (AvgIpc) is 2.10. The van der Waals surface area contributed by atoms with Crippen molar-refractivity contribution >= 4 is 5.78 Å². The highest BCUT2D eigenvalue weighted by molar-refractivity contribution is 5.92. The van der Waals surface area contributed by atoms with Gasteiger partial charge in [0.05, 0.1) is 6.10 Å². The maximum absolute atomic E-state index is 11.5. The van der Waals surface area contributed by atoms with Crippen LogP contribution in [0.15, 0.2) is 23.8 Å². The molecule has 1 rings (SSSR count). The predicted octanol–water partition coefficient (Wildman–Crippen LogP) is 1.60. The van der Waals surface area contributed by atoms with Crippen molar-refractivity contribution in [2.75, 3.05) is 0 Å². The summed E-state index contributed by atoms with van der Waals surface area (Å²) in [5.41, 5.74) is -1.07. The molecule has 0 radical (unpaired) electrons. The normalized spacial score (nSPS) is 31.6.